The van der Waals surface area contributed by atoms with Crippen molar-refractivity contribution in [3.63, 3.8) is 0 Å². The van der Waals surface area contributed by atoms with E-state index in [1.807, 2.05) is 24.3 Å². The third-order valence-corrected chi connectivity index (χ3v) is 2.39. The van der Waals surface area contributed by atoms with Crippen molar-refractivity contribution < 1.29 is 9.90 Å². The number of rotatable bonds is 4. The van der Waals surface area contributed by atoms with Crippen LogP contribution >= 0.6 is 0 Å². The van der Waals surface area contributed by atoms with Crippen molar-refractivity contribution in [2.45, 2.75) is 32.6 Å². The lowest BCUT2D eigenvalue weighted by molar-refractivity contribution is -0.138. The van der Waals surface area contributed by atoms with Crippen LogP contribution in [0.3, 0.4) is 0 Å². The number of carboxylic acid groups (broad SMARTS) is 1. The lowest BCUT2D eigenvalue weighted by Crippen LogP contribution is -2.07. The molecule has 0 aromatic heterocycles. The number of carboxylic acids is 1. The molecule has 0 aliphatic heterocycles. The van der Waals surface area contributed by atoms with Crippen molar-refractivity contribution in [3.8, 4) is 0 Å². The van der Waals surface area contributed by atoms with Gasteiger partial charge in [-0.05, 0) is 24.5 Å². The fourth-order valence-corrected chi connectivity index (χ4v) is 1.40. The first-order chi connectivity index (χ1) is 6.65. The van der Waals surface area contributed by atoms with Crippen molar-refractivity contribution >= 4 is 5.97 Å². The first-order valence-corrected chi connectivity index (χ1v) is 4.96. The van der Waals surface area contributed by atoms with E-state index >= 15 is 0 Å². The van der Waals surface area contributed by atoms with Crippen molar-refractivity contribution in [3.05, 3.63) is 35.4 Å². The highest BCUT2D eigenvalue weighted by Crippen LogP contribution is 2.16. The minimum atomic E-state index is -0.770. The highest BCUT2D eigenvalue weighted by molar-refractivity contribution is 5.75. The molecule has 0 aliphatic carbocycles. The minimum absolute atomic E-state index is 0.411. The number of aliphatic carboxylic acids is 1. The molecule has 2 nitrogen and oxygen atoms in total. The zero-order valence-corrected chi connectivity index (χ0v) is 8.66. The number of hydrogen-bond acceptors (Lipinski definition) is 1. The van der Waals surface area contributed by atoms with Crippen molar-refractivity contribution in [1.29, 1.82) is 0 Å². The lowest BCUT2D eigenvalue weighted by Gasteiger charge is -2.07. The van der Waals surface area contributed by atoms with Gasteiger partial charge < -0.3 is 5.11 Å². The third kappa shape index (κ3) is 2.59. The molecule has 0 heterocycles. The third-order valence-electron chi connectivity index (χ3n) is 2.39. The molecule has 0 amide bonds. The molecule has 2 heteroatoms. The van der Waals surface area contributed by atoms with Crippen LogP contribution in [0.1, 0.15) is 37.3 Å². The van der Waals surface area contributed by atoms with Gasteiger partial charge in [0.25, 0.3) is 0 Å². The standard InChI is InChI=1S/C12H16O2/c1-3-4-10-5-7-11(8-6-10)9(2)12(13)14/h5-9H,3-4H2,1-2H3,(H,13,14). The number of benzene rings is 1. The Morgan fingerprint density at radius 1 is 1.36 bits per heavy atom. The molecule has 0 fully saturated rings. The summed E-state index contributed by atoms with van der Waals surface area (Å²) < 4.78 is 0. The lowest BCUT2D eigenvalue weighted by atomic mass is 9.99. The SMILES string of the molecule is CCCc1ccc(C(C)C(=O)O)cc1. The van der Waals surface area contributed by atoms with Crippen LogP contribution in [0.5, 0.6) is 0 Å². The molecule has 1 unspecified atom stereocenters. The Bertz CT molecular complexity index is 301. The Hall–Kier alpha value is -1.31. The van der Waals surface area contributed by atoms with Crippen LogP contribution in [0.25, 0.3) is 0 Å². The van der Waals surface area contributed by atoms with E-state index in [0.717, 1.165) is 18.4 Å². The normalized spacial score (nSPS) is 12.4. The van der Waals surface area contributed by atoms with Gasteiger partial charge in [0.1, 0.15) is 0 Å². The van der Waals surface area contributed by atoms with E-state index in [4.69, 9.17) is 5.11 Å². The predicted molar refractivity (Wildman–Crippen MR) is 56.5 cm³/mol. The molecular formula is C12H16O2. The molecule has 0 spiro atoms. The van der Waals surface area contributed by atoms with E-state index in [9.17, 15) is 4.79 Å². The maximum atomic E-state index is 10.7. The van der Waals surface area contributed by atoms with E-state index in [0.29, 0.717) is 0 Å². The average Bonchev–Trinajstić information content (AvgIpc) is 2.18. The molecule has 14 heavy (non-hydrogen) atoms. The number of aryl methyl sites for hydroxylation is 1. The van der Waals surface area contributed by atoms with E-state index in [-0.39, 0.29) is 0 Å². The van der Waals surface area contributed by atoms with Gasteiger partial charge in [0.2, 0.25) is 0 Å². The maximum absolute atomic E-state index is 10.7. The maximum Gasteiger partial charge on any atom is 0.310 e. The zero-order chi connectivity index (χ0) is 10.6. The molecule has 1 aromatic rings. The molecule has 0 saturated carbocycles. The first-order valence-electron chi connectivity index (χ1n) is 4.96. The molecule has 76 valence electrons. The van der Waals surface area contributed by atoms with Gasteiger partial charge in [-0.1, -0.05) is 37.6 Å². The topological polar surface area (TPSA) is 37.3 Å². The average molecular weight is 192 g/mol. The van der Waals surface area contributed by atoms with Gasteiger partial charge in [-0.2, -0.15) is 0 Å². The fourth-order valence-electron chi connectivity index (χ4n) is 1.40. The summed E-state index contributed by atoms with van der Waals surface area (Å²) in [7, 11) is 0. The van der Waals surface area contributed by atoms with Crippen LogP contribution in [0, 0.1) is 0 Å². The molecule has 1 rings (SSSR count). The summed E-state index contributed by atoms with van der Waals surface area (Å²) in [4.78, 5) is 10.7. The minimum Gasteiger partial charge on any atom is -0.481 e. The van der Waals surface area contributed by atoms with Gasteiger partial charge in [-0.3, -0.25) is 4.79 Å². The molecule has 0 radical (unpaired) electrons. The summed E-state index contributed by atoms with van der Waals surface area (Å²) in [6, 6.07) is 7.84. The smallest absolute Gasteiger partial charge is 0.310 e. The summed E-state index contributed by atoms with van der Waals surface area (Å²) in [5.41, 5.74) is 2.14. The molecule has 1 N–H and O–H groups in total. The van der Waals surface area contributed by atoms with E-state index in [1.54, 1.807) is 6.92 Å². The number of carbonyl (C=O) groups is 1. The second-order valence-corrected chi connectivity index (χ2v) is 3.55. The van der Waals surface area contributed by atoms with Gasteiger partial charge in [0, 0.05) is 0 Å². The zero-order valence-electron chi connectivity index (χ0n) is 8.66. The number of hydrogen-bond donors (Lipinski definition) is 1. The van der Waals surface area contributed by atoms with Gasteiger partial charge >= 0.3 is 5.97 Å². The summed E-state index contributed by atoms with van der Waals surface area (Å²) >= 11 is 0. The van der Waals surface area contributed by atoms with Crippen LogP contribution in [-0.2, 0) is 11.2 Å². The summed E-state index contributed by atoms with van der Waals surface area (Å²) in [5, 5.41) is 8.81. The van der Waals surface area contributed by atoms with Crippen molar-refractivity contribution in [1.82, 2.24) is 0 Å². The molecule has 0 bridgehead atoms. The van der Waals surface area contributed by atoms with Gasteiger partial charge in [-0.25, -0.2) is 0 Å². The second kappa shape index (κ2) is 4.80. The first kappa shape index (κ1) is 10.8. The van der Waals surface area contributed by atoms with Crippen LogP contribution in [0.2, 0.25) is 0 Å². The quantitative estimate of drug-likeness (QED) is 0.796. The summed E-state index contributed by atoms with van der Waals surface area (Å²) in [6.45, 7) is 3.84. The molecule has 0 aliphatic rings. The van der Waals surface area contributed by atoms with Gasteiger partial charge in [-0.15, -0.1) is 0 Å². The second-order valence-electron chi connectivity index (χ2n) is 3.55. The molecule has 1 aromatic carbocycles. The van der Waals surface area contributed by atoms with Gasteiger partial charge in [0.05, 0.1) is 5.92 Å². The largest absolute Gasteiger partial charge is 0.481 e. The van der Waals surface area contributed by atoms with E-state index in [2.05, 4.69) is 6.92 Å². The fraction of sp³-hybridized carbons (Fsp3) is 0.417. The van der Waals surface area contributed by atoms with Crippen LogP contribution in [0.15, 0.2) is 24.3 Å². The molecule has 1 atom stereocenters. The Balaban J connectivity index is 2.77. The Morgan fingerprint density at radius 3 is 2.36 bits per heavy atom. The molecular weight excluding hydrogens is 176 g/mol. The van der Waals surface area contributed by atoms with Crippen LogP contribution in [-0.4, -0.2) is 11.1 Å². The molecule has 0 saturated heterocycles. The Morgan fingerprint density at radius 2 is 1.93 bits per heavy atom. The Labute approximate surface area is 84.6 Å². The summed E-state index contributed by atoms with van der Waals surface area (Å²) in [5.74, 6) is -1.18. The van der Waals surface area contributed by atoms with Gasteiger partial charge in [0.15, 0.2) is 0 Å². The monoisotopic (exact) mass is 192 g/mol. The predicted octanol–water partition coefficient (Wildman–Crippen LogP) is 2.83. The van der Waals surface area contributed by atoms with E-state index in [1.165, 1.54) is 5.56 Å². The van der Waals surface area contributed by atoms with E-state index < -0.39 is 11.9 Å². The van der Waals surface area contributed by atoms with Crippen LogP contribution < -0.4 is 0 Å². The van der Waals surface area contributed by atoms with Crippen molar-refractivity contribution in [2.75, 3.05) is 0 Å². The Kier molecular flexibility index (Phi) is 3.69. The highest BCUT2D eigenvalue weighted by Gasteiger charge is 2.12. The highest BCUT2D eigenvalue weighted by atomic mass is 16.4. The van der Waals surface area contributed by atoms with Crippen molar-refractivity contribution in [2.24, 2.45) is 0 Å². The summed E-state index contributed by atoms with van der Waals surface area (Å²) in [6.07, 6.45) is 2.18. The van der Waals surface area contributed by atoms with Crippen LogP contribution in [0.4, 0.5) is 0 Å².